The molecule has 1 aromatic rings. The van der Waals surface area contributed by atoms with Crippen molar-refractivity contribution >= 4 is 5.91 Å². The number of unbranched alkanes of at least 4 members (excludes halogenated alkanes) is 1. The smallest absolute Gasteiger partial charge is 0.269 e. The van der Waals surface area contributed by atoms with Crippen molar-refractivity contribution in [3.8, 4) is 11.8 Å². The van der Waals surface area contributed by atoms with E-state index in [1.165, 1.54) is 12.6 Å². The third kappa shape index (κ3) is 6.35. The minimum atomic E-state index is -0.182. The Morgan fingerprint density at radius 2 is 2.20 bits per heavy atom. The lowest BCUT2D eigenvalue weighted by Gasteiger charge is -2.06. The van der Waals surface area contributed by atoms with Gasteiger partial charge >= 0.3 is 0 Å². The number of aliphatic hydroxyl groups excluding tert-OH is 1. The molecular formula is C16H22N2O2. The third-order valence-electron chi connectivity index (χ3n) is 2.80. The molecule has 0 unspecified atom stereocenters. The van der Waals surface area contributed by atoms with Crippen molar-refractivity contribution in [2.24, 2.45) is 5.92 Å². The Kier molecular flexibility index (Phi) is 7.38. The van der Waals surface area contributed by atoms with E-state index in [-0.39, 0.29) is 12.5 Å². The number of pyridine rings is 1. The predicted molar refractivity (Wildman–Crippen MR) is 79.2 cm³/mol. The lowest BCUT2D eigenvalue weighted by Crippen LogP contribution is -2.25. The van der Waals surface area contributed by atoms with E-state index in [2.05, 4.69) is 36.0 Å². The summed E-state index contributed by atoms with van der Waals surface area (Å²) in [5.41, 5.74) is 1.08. The van der Waals surface area contributed by atoms with Crippen LogP contribution in [0.4, 0.5) is 0 Å². The van der Waals surface area contributed by atoms with E-state index in [1.807, 2.05) is 0 Å². The topological polar surface area (TPSA) is 62.2 Å². The molecule has 0 bridgehead atoms. The summed E-state index contributed by atoms with van der Waals surface area (Å²) in [4.78, 5) is 15.9. The first-order chi connectivity index (χ1) is 9.63. The average Bonchev–Trinajstić information content (AvgIpc) is 2.44. The van der Waals surface area contributed by atoms with Gasteiger partial charge in [0.1, 0.15) is 12.3 Å². The van der Waals surface area contributed by atoms with Gasteiger partial charge in [-0.3, -0.25) is 4.79 Å². The van der Waals surface area contributed by atoms with Crippen molar-refractivity contribution in [3.05, 3.63) is 29.6 Å². The molecule has 0 aliphatic heterocycles. The second-order valence-corrected chi connectivity index (χ2v) is 5.04. The van der Waals surface area contributed by atoms with Crippen LogP contribution in [0.5, 0.6) is 0 Å². The van der Waals surface area contributed by atoms with E-state index in [4.69, 9.17) is 5.11 Å². The Morgan fingerprint density at radius 3 is 2.80 bits per heavy atom. The summed E-state index contributed by atoms with van der Waals surface area (Å²) >= 11 is 0. The van der Waals surface area contributed by atoms with Gasteiger partial charge in [0.05, 0.1) is 0 Å². The van der Waals surface area contributed by atoms with Gasteiger partial charge in [0.15, 0.2) is 0 Å². The maximum atomic E-state index is 11.8. The Balaban J connectivity index is 2.36. The Hall–Kier alpha value is -1.86. The van der Waals surface area contributed by atoms with Crippen LogP contribution in [-0.2, 0) is 0 Å². The van der Waals surface area contributed by atoms with Crippen LogP contribution in [0, 0.1) is 17.8 Å². The number of amides is 1. The van der Waals surface area contributed by atoms with Gasteiger partial charge in [0, 0.05) is 18.3 Å². The first kappa shape index (κ1) is 16.2. The molecule has 0 aliphatic carbocycles. The lowest BCUT2D eigenvalue weighted by atomic mass is 10.1. The van der Waals surface area contributed by atoms with Gasteiger partial charge in [-0.15, -0.1) is 0 Å². The van der Waals surface area contributed by atoms with Gasteiger partial charge in [-0.05, 0) is 24.5 Å². The fourth-order valence-corrected chi connectivity index (χ4v) is 1.71. The molecule has 0 fully saturated rings. The number of hydrogen-bond acceptors (Lipinski definition) is 3. The van der Waals surface area contributed by atoms with Crippen LogP contribution < -0.4 is 5.32 Å². The fraction of sp³-hybridized carbons (Fsp3) is 0.500. The lowest BCUT2D eigenvalue weighted by molar-refractivity contribution is 0.0948. The molecular weight excluding hydrogens is 252 g/mol. The first-order valence-electron chi connectivity index (χ1n) is 6.97. The molecule has 0 radical (unpaired) electrons. The third-order valence-corrected chi connectivity index (χ3v) is 2.80. The van der Waals surface area contributed by atoms with Crippen molar-refractivity contribution in [2.45, 2.75) is 33.1 Å². The van der Waals surface area contributed by atoms with Crippen molar-refractivity contribution in [2.75, 3.05) is 13.2 Å². The average molecular weight is 274 g/mol. The molecule has 1 rings (SSSR count). The molecule has 0 atom stereocenters. The monoisotopic (exact) mass is 274 g/mol. The number of nitrogens with one attached hydrogen (secondary N) is 1. The van der Waals surface area contributed by atoms with Crippen LogP contribution in [0.1, 0.15) is 49.2 Å². The molecule has 20 heavy (non-hydrogen) atoms. The zero-order valence-electron chi connectivity index (χ0n) is 12.1. The molecule has 0 spiro atoms. The highest BCUT2D eigenvalue weighted by Crippen LogP contribution is 2.05. The Morgan fingerprint density at radius 1 is 1.40 bits per heavy atom. The standard InChI is InChI=1S/C16H22N2O2/c1-13(2)6-3-4-10-17-16(20)15-9-8-14(12-18-15)7-5-11-19/h8-9,12-13,19H,3-4,6,10-11H2,1-2H3,(H,17,20). The highest BCUT2D eigenvalue weighted by Gasteiger charge is 2.05. The molecule has 0 aromatic carbocycles. The SMILES string of the molecule is CC(C)CCCCNC(=O)c1ccc(C#CCO)cn1. The second-order valence-electron chi connectivity index (χ2n) is 5.04. The van der Waals surface area contributed by atoms with Gasteiger partial charge in [-0.1, -0.05) is 38.5 Å². The number of hydrogen-bond donors (Lipinski definition) is 2. The molecule has 1 heterocycles. The van der Waals surface area contributed by atoms with Crippen molar-refractivity contribution in [3.63, 3.8) is 0 Å². The number of carbonyl (C=O) groups excluding carboxylic acids is 1. The molecule has 0 aliphatic rings. The van der Waals surface area contributed by atoms with Gasteiger partial charge in [-0.25, -0.2) is 4.98 Å². The highest BCUT2D eigenvalue weighted by molar-refractivity contribution is 5.92. The zero-order chi connectivity index (χ0) is 14.8. The van der Waals surface area contributed by atoms with E-state index < -0.39 is 0 Å². The quantitative estimate of drug-likeness (QED) is 0.616. The molecule has 1 aromatic heterocycles. The summed E-state index contributed by atoms with van der Waals surface area (Å²) in [7, 11) is 0. The van der Waals surface area contributed by atoms with E-state index >= 15 is 0 Å². The second kappa shape index (κ2) is 9.11. The van der Waals surface area contributed by atoms with Gasteiger partial charge in [0.25, 0.3) is 5.91 Å². The summed E-state index contributed by atoms with van der Waals surface area (Å²) in [6, 6.07) is 3.37. The van der Waals surface area contributed by atoms with E-state index in [0.29, 0.717) is 23.7 Å². The maximum Gasteiger partial charge on any atom is 0.269 e. The summed E-state index contributed by atoms with van der Waals surface area (Å²) in [5.74, 6) is 5.82. The Bertz CT molecular complexity index is 469. The molecule has 4 nitrogen and oxygen atoms in total. The summed E-state index contributed by atoms with van der Waals surface area (Å²) in [6.45, 7) is 4.89. The van der Waals surface area contributed by atoms with Crippen LogP contribution in [0.2, 0.25) is 0 Å². The molecule has 2 N–H and O–H groups in total. The van der Waals surface area contributed by atoms with Crippen LogP contribution in [0.3, 0.4) is 0 Å². The fourth-order valence-electron chi connectivity index (χ4n) is 1.71. The van der Waals surface area contributed by atoms with Crippen molar-refractivity contribution in [1.82, 2.24) is 10.3 Å². The van der Waals surface area contributed by atoms with E-state index in [9.17, 15) is 4.79 Å². The Labute approximate surface area is 120 Å². The number of aromatic nitrogens is 1. The predicted octanol–water partition coefficient (Wildman–Crippen LogP) is 1.98. The van der Waals surface area contributed by atoms with Gasteiger partial charge in [0.2, 0.25) is 0 Å². The number of carbonyl (C=O) groups is 1. The summed E-state index contributed by atoms with van der Waals surface area (Å²) in [6.07, 6.45) is 4.84. The number of nitrogens with zero attached hydrogens (tertiary/aromatic N) is 1. The first-order valence-corrected chi connectivity index (χ1v) is 6.97. The molecule has 0 saturated heterocycles. The zero-order valence-corrected chi connectivity index (χ0v) is 12.1. The summed E-state index contributed by atoms with van der Waals surface area (Å²) in [5, 5.41) is 11.4. The molecule has 1 amide bonds. The van der Waals surface area contributed by atoms with Crippen LogP contribution in [-0.4, -0.2) is 29.1 Å². The molecule has 108 valence electrons. The summed E-state index contributed by atoms with van der Waals surface area (Å²) < 4.78 is 0. The van der Waals surface area contributed by atoms with Crippen LogP contribution in [0.15, 0.2) is 18.3 Å². The minimum absolute atomic E-state index is 0.156. The van der Waals surface area contributed by atoms with Gasteiger partial charge < -0.3 is 10.4 Å². The van der Waals surface area contributed by atoms with Crippen LogP contribution >= 0.6 is 0 Å². The minimum Gasteiger partial charge on any atom is -0.384 e. The molecule has 4 heteroatoms. The van der Waals surface area contributed by atoms with Crippen molar-refractivity contribution in [1.29, 1.82) is 0 Å². The van der Waals surface area contributed by atoms with Gasteiger partial charge in [-0.2, -0.15) is 0 Å². The normalized spacial score (nSPS) is 10.0. The van der Waals surface area contributed by atoms with Crippen LogP contribution in [0.25, 0.3) is 0 Å². The number of aliphatic hydroxyl groups is 1. The maximum absolute atomic E-state index is 11.8. The van der Waals surface area contributed by atoms with Crippen molar-refractivity contribution < 1.29 is 9.90 Å². The van der Waals surface area contributed by atoms with E-state index in [1.54, 1.807) is 12.1 Å². The van der Waals surface area contributed by atoms with E-state index in [0.717, 1.165) is 12.8 Å². The number of rotatable bonds is 6. The highest BCUT2D eigenvalue weighted by atomic mass is 16.2. The largest absolute Gasteiger partial charge is 0.384 e. The molecule has 0 saturated carbocycles.